The van der Waals surface area contributed by atoms with E-state index in [0.29, 0.717) is 17.7 Å². The summed E-state index contributed by atoms with van der Waals surface area (Å²) in [5.74, 6) is -0.463. The molecule has 1 atom stereocenters. The Morgan fingerprint density at radius 2 is 2.04 bits per heavy atom. The largest absolute Gasteiger partial charge is 0.495 e. The van der Waals surface area contributed by atoms with E-state index in [1.807, 2.05) is 19.1 Å². The number of imide groups is 1. The Labute approximate surface area is 183 Å². The van der Waals surface area contributed by atoms with E-state index in [9.17, 15) is 14.4 Å². The number of amides is 2. The fourth-order valence-electron chi connectivity index (χ4n) is 2.15. The molecular formula is C17H17I2NO5S. The molecule has 0 aliphatic carbocycles. The van der Waals surface area contributed by atoms with Crippen LogP contribution in [0.25, 0.3) is 6.08 Å². The van der Waals surface area contributed by atoms with Crippen LogP contribution in [-0.4, -0.2) is 41.8 Å². The lowest BCUT2D eigenvalue weighted by Gasteiger charge is -2.15. The van der Waals surface area contributed by atoms with Crippen LogP contribution in [-0.2, 0) is 14.3 Å². The van der Waals surface area contributed by atoms with E-state index in [4.69, 9.17) is 9.47 Å². The van der Waals surface area contributed by atoms with Crippen molar-refractivity contribution in [3.63, 3.8) is 0 Å². The molecule has 1 aliphatic rings. The lowest BCUT2D eigenvalue weighted by Crippen LogP contribution is -2.35. The van der Waals surface area contributed by atoms with Crippen molar-refractivity contribution in [2.45, 2.75) is 26.4 Å². The number of carbonyl (C=O) groups excluding carboxylic acids is 3. The molecule has 1 aliphatic heterocycles. The average molecular weight is 601 g/mol. The molecule has 0 unspecified atom stereocenters. The second kappa shape index (κ2) is 9.40. The number of methoxy groups -OCH3 is 1. The predicted molar refractivity (Wildman–Crippen MR) is 117 cm³/mol. The van der Waals surface area contributed by atoms with Crippen LogP contribution in [0.4, 0.5) is 4.79 Å². The molecule has 0 N–H and O–H groups in total. The Morgan fingerprint density at radius 1 is 1.35 bits per heavy atom. The van der Waals surface area contributed by atoms with Crippen LogP contribution in [0.3, 0.4) is 0 Å². The van der Waals surface area contributed by atoms with Crippen LogP contribution in [0, 0.1) is 7.14 Å². The predicted octanol–water partition coefficient (Wildman–Crippen LogP) is 4.28. The maximum absolute atomic E-state index is 12.5. The van der Waals surface area contributed by atoms with Crippen LogP contribution >= 0.6 is 56.9 Å². The standard InChI is InChI=1S/C17H17I2NO5S/c1-4-9(2)25-14(21)8-20-16(22)13(26-17(20)23)6-10-5-11(18)7-12(19)15(10)24-3/h5-7,9H,4,8H2,1-3H3/b13-6+/t9-/m0/s1. The highest BCUT2D eigenvalue weighted by atomic mass is 127. The van der Waals surface area contributed by atoms with Gasteiger partial charge in [-0.3, -0.25) is 19.3 Å². The molecule has 2 rings (SSSR count). The molecule has 1 saturated heterocycles. The third-order valence-electron chi connectivity index (χ3n) is 3.60. The number of hydrogen-bond acceptors (Lipinski definition) is 6. The normalized spacial score (nSPS) is 17.0. The molecule has 9 heteroatoms. The molecule has 0 bridgehead atoms. The van der Waals surface area contributed by atoms with Crippen molar-refractivity contribution < 1.29 is 23.9 Å². The van der Waals surface area contributed by atoms with E-state index < -0.39 is 17.1 Å². The second-order valence-electron chi connectivity index (χ2n) is 5.49. The molecule has 6 nitrogen and oxygen atoms in total. The number of rotatable bonds is 6. The van der Waals surface area contributed by atoms with Gasteiger partial charge in [0, 0.05) is 9.13 Å². The van der Waals surface area contributed by atoms with Gasteiger partial charge in [0.05, 0.1) is 21.7 Å². The van der Waals surface area contributed by atoms with E-state index in [1.165, 1.54) is 0 Å². The summed E-state index contributed by atoms with van der Waals surface area (Å²) in [7, 11) is 1.55. The van der Waals surface area contributed by atoms with Crippen LogP contribution in [0.2, 0.25) is 0 Å². The highest BCUT2D eigenvalue weighted by molar-refractivity contribution is 14.1. The van der Waals surface area contributed by atoms with Crippen molar-refractivity contribution in [1.29, 1.82) is 0 Å². The monoisotopic (exact) mass is 601 g/mol. The number of carbonyl (C=O) groups is 3. The van der Waals surface area contributed by atoms with Crippen LogP contribution < -0.4 is 4.74 Å². The third-order valence-corrected chi connectivity index (χ3v) is 5.93. The summed E-state index contributed by atoms with van der Waals surface area (Å²) in [6.07, 6.45) is 2.03. The zero-order valence-corrected chi connectivity index (χ0v) is 19.5. The van der Waals surface area contributed by atoms with Crippen molar-refractivity contribution in [3.05, 3.63) is 29.7 Å². The maximum atomic E-state index is 12.5. The fourth-order valence-corrected chi connectivity index (χ4v) is 5.09. The van der Waals surface area contributed by atoms with E-state index >= 15 is 0 Å². The summed E-state index contributed by atoms with van der Waals surface area (Å²) >= 11 is 5.13. The average Bonchev–Trinajstić information content (AvgIpc) is 2.82. The van der Waals surface area contributed by atoms with E-state index in [1.54, 1.807) is 20.1 Å². The van der Waals surface area contributed by atoms with E-state index in [0.717, 1.165) is 23.8 Å². The summed E-state index contributed by atoms with van der Waals surface area (Å²) in [6.45, 7) is 3.26. The summed E-state index contributed by atoms with van der Waals surface area (Å²) in [5.41, 5.74) is 0.705. The van der Waals surface area contributed by atoms with Crippen LogP contribution in [0.5, 0.6) is 5.75 Å². The van der Waals surface area contributed by atoms with Gasteiger partial charge in [-0.05, 0) is 88.5 Å². The summed E-state index contributed by atoms with van der Waals surface area (Å²) in [5, 5.41) is -0.485. The summed E-state index contributed by atoms with van der Waals surface area (Å²) < 4.78 is 12.4. The minimum atomic E-state index is -0.593. The number of ether oxygens (including phenoxy) is 2. The van der Waals surface area contributed by atoms with Gasteiger partial charge in [0.2, 0.25) is 0 Å². The molecule has 1 aromatic rings. The van der Waals surface area contributed by atoms with Gasteiger partial charge in [-0.25, -0.2) is 0 Å². The van der Waals surface area contributed by atoms with Crippen LogP contribution in [0.15, 0.2) is 17.0 Å². The van der Waals surface area contributed by atoms with Crippen LogP contribution in [0.1, 0.15) is 25.8 Å². The van der Waals surface area contributed by atoms with Gasteiger partial charge >= 0.3 is 5.97 Å². The van der Waals surface area contributed by atoms with Gasteiger partial charge < -0.3 is 9.47 Å². The minimum Gasteiger partial charge on any atom is -0.495 e. The van der Waals surface area contributed by atoms with Gasteiger partial charge in [-0.15, -0.1) is 0 Å². The van der Waals surface area contributed by atoms with E-state index in [-0.39, 0.29) is 17.6 Å². The zero-order valence-electron chi connectivity index (χ0n) is 14.4. The SMILES string of the molecule is CC[C@H](C)OC(=O)CN1C(=O)S/C(=C/c2cc(I)cc(I)c2OC)C1=O. The molecule has 140 valence electrons. The maximum Gasteiger partial charge on any atom is 0.326 e. The van der Waals surface area contributed by atoms with Crippen molar-refractivity contribution in [2.24, 2.45) is 0 Å². The summed E-state index contributed by atoms with van der Waals surface area (Å²) in [4.78, 5) is 37.8. The highest BCUT2D eigenvalue weighted by Crippen LogP contribution is 2.36. The number of esters is 1. The smallest absolute Gasteiger partial charge is 0.326 e. The number of thioether (sulfide) groups is 1. The lowest BCUT2D eigenvalue weighted by molar-refractivity contribution is -0.150. The first-order valence-electron chi connectivity index (χ1n) is 7.74. The second-order valence-corrected chi connectivity index (χ2v) is 8.89. The lowest BCUT2D eigenvalue weighted by atomic mass is 10.2. The fraction of sp³-hybridized carbons (Fsp3) is 0.353. The van der Waals surface area contributed by atoms with Gasteiger partial charge in [-0.2, -0.15) is 0 Å². The van der Waals surface area contributed by atoms with Gasteiger partial charge in [-0.1, -0.05) is 6.92 Å². The number of benzene rings is 1. The highest BCUT2D eigenvalue weighted by Gasteiger charge is 2.37. The molecule has 1 aromatic carbocycles. The Balaban J connectivity index is 2.23. The summed E-state index contributed by atoms with van der Waals surface area (Å²) in [6, 6.07) is 3.82. The Kier molecular flexibility index (Phi) is 7.76. The molecule has 1 heterocycles. The van der Waals surface area contributed by atoms with Crippen molar-refractivity contribution >= 4 is 80.1 Å². The number of nitrogens with zero attached hydrogens (tertiary/aromatic N) is 1. The van der Waals surface area contributed by atoms with Crippen molar-refractivity contribution in [2.75, 3.05) is 13.7 Å². The number of halogens is 2. The third kappa shape index (κ3) is 5.12. The molecular weight excluding hydrogens is 584 g/mol. The molecule has 0 radical (unpaired) electrons. The molecule has 0 aromatic heterocycles. The van der Waals surface area contributed by atoms with Gasteiger partial charge in [0.1, 0.15) is 12.3 Å². The topological polar surface area (TPSA) is 72.9 Å². The first-order valence-corrected chi connectivity index (χ1v) is 10.7. The molecule has 2 amide bonds. The minimum absolute atomic E-state index is 0.252. The first kappa shape index (κ1) is 21.5. The van der Waals surface area contributed by atoms with Crippen molar-refractivity contribution in [1.82, 2.24) is 4.90 Å². The van der Waals surface area contributed by atoms with E-state index in [2.05, 4.69) is 45.2 Å². The Bertz CT molecular complexity index is 781. The van der Waals surface area contributed by atoms with Gasteiger partial charge in [0.25, 0.3) is 11.1 Å². The quantitative estimate of drug-likeness (QED) is 0.276. The zero-order chi connectivity index (χ0) is 19.4. The first-order chi connectivity index (χ1) is 12.3. The number of hydrogen-bond donors (Lipinski definition) is 0. The Morgan fingerprint density at radius 3 is 2.65 bits per heavy atom. The van der Waals surface area contributed by atoms with Crippen molar-refractivity contribution in [3.8, 4) is 5.75 Å². The van der Waals surface area contributed by atoms with Gasteiger partial charge in [0.15, 0.2) is 0 Å². The molecule has 26 heavy (non-hydrogen) atoms. The Hall–Kier alpha value is -0.820. The molecule has 0 spiro atoms. The molecule has 1 fully saturated rings. The molecule has 0 saturated carbocycles.